The third-order valence-electron chi connectivity index (χ3n) is 3.34. The minimum atomic E-state index is 0.447. The summed E-state index contributed by atoms with van der Waals surface area (Å²) >= 11 is 0. The molecule has 0 spiro atoms. The van der Waals surface area contributed by atoms with E-state index in [1.165, 1.54) is 19.3 Å². The van der Waals surface area contributed by atoms with Gasteiger partial charge < -0.3 is 15.8 Å². The maximum absolute atomic E-state index is 6.01. The van der Waals surface area contributed by atoms with E-state index in [-0.39, 0.29) is 0 Å². The maximum Gasteiger partial charge on any atom is 0.0507 e. The molecule has 2 aliphatic rings. The van der Waals surface area contributed by atoms with Crippen molar-refractivity contribution in [2.45, 2.75) is 31.7 Å². The highest BCUT2D eigenvalue weighted by Crippen LogP contribution is 2.32. The second-order valence-corrected chi connectivity index (χ2v) is 4.72. The predicted octanol–water partition coefficient (Wildman–Crippen LogP) is 0.740. The average Bonchev–Trinajstić information content (AvgIpc) is 2.92. The average molecular weight is 198 g/mol. The smallest absolute Gasteiger partial charge is 0.0507 e. The van der Waals surface area contributed by atoms with E-state index in [4.69, 9.17) is 10.5 Å². The highest BCUT2D eigenvalue weighted by molar-refractivity contribution is 4.84. The molecule has 1 aliphatic carbocycles. The molecule has 0 radical (unpaired) electrons. The molecule has 0 aromatic carbocycles. The van der Waals surface area contributed by atoms with Gasteiger partial charge in [-0.2, -0.15) is 0 Å². The highest BCUT2D eigenvalue weighted by atomic mass is 16.5. The Kier molecular flexibility index (Phi) is 3.79. The van der Waals surface area contributed by atoms with Gasteiger partial charge in [0, 0.05) is 19.2 Å². The molecule has 1 saturated carbocycles. The summed E-state index contributed by atoms with van der Waals surface area (Å²) in [6, 6.07) is 0.447. The van der Waals surface area contributed by atoms with Crippen LogP contribution < -0.4 is 11.1 Å². The Morgan fingerprint density at radius 1 is 1.36 bits per heavy atom. The summed E-state index contributed by atoms with van der Waals surface area (Å²) in [6.45, 7) is 4.08. The largest absolute Gasteiger partial charge is 0.381 e. The van der Waals surface area contributed by atoms with E-state index in [1.807, 2.05) is 0 Å². The molecule has 0 bridgehead atoms. The quantitative estimate of drug-likeness (QED) is 0.619. The molecule has 0 amide bonds. The molecule has 1 heterocycles. The zero-order chi connectivity index (χ0) is 9.80. The first-order chi connectivity index (χ1) is 6.86. The number of rotatable bonds is 6. The standard InChI is InChI=1S/C11H22N2O/c12-11(10-1-2-10)3-5-13-7-9-4-6-14-8-9/h9-11,13H,1-8,12H2. The first kappa shape index (κ1) is 10.4. The van der Waals surface area contributed by atoms with Gasteiger partial charge in [0.05, 0.1) is 6.61 Å². The van der Waals surface area contributed by atoms with Crippen molar-refractivity contribution < 1.29 is 4.74 Å². The Morgan fingerprint density at radius 2 is 2.21 bits per heavy atom. The van der Waals surface area contributed by atoms with Crippen LogP contribution in [0.25, 0.3) is 0 Å². The summed E-state index contributed by atoms with van der Waals surface area (Å²) in [5, 5.41) is 3.48. The number of hydrogen-bond donors (Lipinski definition) is 2. The molecule has 3 nitrogen and oxygen atoms in total. The molecule has 0 aromatic heterocycles. The zero-order valence-corrected chi connectivity index (χ0v) is 8.87. The zero-order valence-electron chi connectivity index (χ0n) is 8.87. The lowest BCUT2D eigenvalue weighted by Gasteiger charge is -2.12. The summed E-state index contributed by atoms with van der Waals surface area (Å²) in [7, 11) is 0. The molecule has 3 N–H and O–H groups in total. The number of ether oxygens (including phenoxy) is 1. The summed E-state index contributed by atoms with van der Waals surface area (Å²) in [5.74, 6) is 1.58. The van der Waals surface area contributed by atoms with Gasteiger partial charge in [0.15, 0.2) is 0 Å². The molecule has 82 valence electrons. The van der Waals surface area contributed by atoms with Gasteiger partial charge in [-0.25, -0.2) is 0 Å². The van der Waals surface area contributed by atoms with Crippen LogP contribution in [-0.4, -0.2) is 32.3 Å². The Morgan fingerprint density at radius 3 is 2.86 bits per heavy atom. The van der Waals surface area contributed by atoms with Crippen LogP contribution in [0.15, 0.2) is 0 Å². The fourth-order valence-electron chi connectivity index (χ4n) is 2.08. The van der Waals surface area contributed by atoms with Gasteiger partial charge in [0.1, 0.15) is 0 Å². The van der Waals surface area contributed by atoms with E-state index in [0.717, 1.165) is 44.6 Å². The Balaban J connectivity index is 1.46. The van der Waals surface area contributed by atoms with E-state index in [2.05, 4.69) is 5.32 Å². The molecule has 2 atom stereocenters. The second-order valence-electron chi connectivity index (χ2n) is 4.72. The first-order valence-electron chi connectivity index (χ1n) is 5.90. The third kappa shape index (κ3) is 3.23. The maximum atomic E-state index is 6.01. The van der Waals surface area contributed by atoms with Crippen LogP contribution in [0.3, 0.4) is 0 Å². The van der Waals surface area contributed by atoms with Crippen LogP contribution in [0.5, 0.6) is 0 Å². The van der Waals surface area contributed by atoms with Gasteiger partial charge in [-0.3, -0.25) is 0 Å². The van der Waals surface area contributed by atoms with Gasteiger partial charge in [-0.15, -0.1) is 0 Å². The van der Waals surface area contributed by atoms with E-state index in [1.54, 1.807) is 0 Å². The van der Waals surface area contributed by atoms with Crippen LogP contribution in [0.2, 0.25) is 0 Å². The lowest BCUT2D eigenvalue weighted by Crippen LogP contribution is -2.30. The van der Waals surface area contributed by atoms with Crippen molar-refractivity contribution in [3.05, 3.63) is 0 Å². The van der Waals surface area contributed by atoms with E-state index >= 15 is 0 Å². The molecule has 1 saturated heterocycles. The van der Waals surface area contributed by atoms with Crippen LogP contribution in [-0.2, 0) is 4.74 Å². The fraction of sp³-hybridized carbons (Fsp3) is 1.00. The molecule has 2 unspecified atom stereocenters. The van der Waals surface area contributed by atoms with E-state index in [0.29, 0.717) is 6.04 Å². The lowest BCUT2D eigenvalue weighted by atomic mass is 10.1. The third-order valence-corrected chi connectivity index (χ3v) is 3.34. The van der Waals surface area contributed by atoms with Gasteiger partial charge in [0.25, 0.3) is 0 Å². The van der Waals surface area contributed by atoms with Crippen molar-refractivity contribution in [3.8, 4) is 0 Å². The molecular weight excluding hydrogens is 176 g/mol. The number of nitrogens with one attached hydrogen (secondary N) is 1. The summed E-state index contributed by atoms with van der Waals surface area (Å²) in [5.41, 5.74) is 6.01. The number of nitrogens with two attached hydrogens (primary N) is 1. The van der Waals surface area contributed by atoms with E-state index < -0.39 is 0 Å². The minimum Gasteiger partial charge on any atom is -0.381 e. The normalized spacial score (nSPS) is 29.4. The van der Waals surface area contributed by atoms with Crippen LogP contribution in [0.1, 0.15) is 25.7 Å². The molecular formula is C11H22N2O. The first-order valence-corrected chi connectivity index (χ1v) is 5.90. The van der Waals surface area contributed by atoms with Crippen LogP contribution >= 0.6 is 0 Å². The Hall–Kier alpha value is -0.120. The van der Waals surface area contributed by atoms with Gasteiger partial charge >= 0.3 is 0 Å². The Bertz CT molecular complexity index is 161. The van der Waals surface area contributed by atoms with Crippen molar-refractivity contribution in [1.82, 2.24) is 5.32 Å². The molecule has 1 aliphatic heterocycles. The molecule has 2 fully saturated rings. The van der Waals surface area contributed by atoms with Crippen molar-refractivity contribution in [3.63, 3.8) is 0 Å². The molecule has 0 aromatic rings. The van der Waals surface area contributed by atoms with Crippen molar-refractivity contribution in [2.24, 2.45) is 17.6 Å². The number of hydrogen-bond acceptors (Lipinski definition) is 3. The predicted molar refractivity (Wildman–Crippen MR) is 57.1 cm³/mol. The van der Waals surface area contributed by atoms with Gasteiger partial charge in [-0.1, -0.05) is 0 Å². The van der Waals surface area contributed by atoms with Gasteiger partial charge in [0.2, 0.25) is 0 Å². The topological polar surface area (TPSA) is 47.3 Å². The van der Waals surface area contributed by atoms with Gasteiger partial charge in [-0.05, 0) is 44.1 Å². The van der Waals surface area contributed by atoms with Crippen molar-refractivity contribution in [1.29, 1.82) is 0 Å². The van der Waals surface area contributed by atoms with Crippen LogP contribution in [0, 0.1) is 11.8 Å². The highest BCUT2D eigenvalue weighted by Gasteiger charge is 2.27. The fourth-order valence-corrected chi connectivity index (χ4v) is 2.08. The molecule has 14 heavy (non-hydrogen) atoms. The van der Waals surface area contributed by atoms with Crippen molar-refractivity contribution >= 4 is 0 Å². The minimum absolute atomic E-state index is 0.447. The van der Waals surface area contributed by atoms with Crippen molar-refractivity contribution in [2.75, 3.05) is 26.3 Å². The monoisotopic (exact) mass is 198 g/mol. The summed E-state index contributed by atoms with van der Waals surface area (Å²) in [4.78, 5) is 0. The summed E-state index contributed by atoms with van der Waals surface area (Å²) < 4.78 is 5.32. The second kappa shape index (κ2) is 5.10. The molecule has 3 heteroatoms. The SMILES string of the molecule is NC(CCNCC1CCOC1)C1CC1. The van der Waals surface area contributed by atoms with Crippen LogP contribution in [0.4, 0.5) is 0 Å². The molecule has 2 rings (SSSR count). The van der Waals surface area contributed by atoms with E-state index in [9.17, 15) is 0 Å². The Labute approximate surface area is 86.4 Å². The summed E-state index contributed by atoms with van der Waals surface area (Å²) in [6.07, 6.45) is 5.08. The lowest BCUT2D eigenvalue weighted by molar-refractivity contribution is 0.185.